The normalized spacial score (nSPS) is 11.4. The molecule has 3 aromatic rings. The van der Waals surface area contributed by atoms with Gasteiger partial charge in [-0.2, -0.15) is 0 Å². The van der Waals surface area contributed by atoms with Crippen LogP contribution in [0.25, 0.3) is 21.8 Å². The molecule has 1 N–H and O–H groups in total. The van der Waals surface area contributed by atoms with Crippen LogP contribution in [0.1, 0.15) is 0 Å². The summed E-state index contributed by atoms with van der Waals surface area (Å²) < 4.78 is 1.99. The number of aromatic nitrogens is 2. The molecule has 3 rings (SSSR count). The maximum Gasteiger partial charge on any atom is 0.188 e. The summed E-state index contributed by atoms with van der Waals surface area (Å²) in [4.78, 5) is 14.8. The van der Waals surface area contributed by atoms with Crippen molar-refractivity contribution in [2.45, 2.75) is 0 Å². The van der Waals surface area contributed by atoms with E-state index in [1.54, 1.807) is 18.2 Å². The molecule has 80 valence electrons. The molecule has 0 aliphatic heterocycles. The van der Waals surface area contributed by atoms with Gasteiger partial charge in [0.25, 0.3) is 0 Å². The third-order valence-electron chi connectivity index (χ3n) is 2.89. The summed E-state index contributed by atoms with van der Waals surface area (Å²) in [5.74, 6) is 0. The van der Waals surface area contributed by atoms with Gasteiger partial charge in [-0.15, -0.1) is 0 Å². The van der Waals surface area contributed by atoms with Crippen molar-refractivity contribution in [3.05, 3.63) is 45.8 Å². The van der Waals surface area contributed by atoms with Crippen molar-refractivity contribution >= 4 is 33.4 Å². The van der Waals surface area contributed by atoms with Gasteiger partial charge in [0.1, 0.15) is 5.15 Å². The highest BCUT2D eigenvalue weighted by atomic mass is 35.5. The zero-order chi connectivity index (χ0) is 11.3. The number of aryl methyl sites for hydroxylation is 1. The van der Waals surface area contributed by atoms with Crippen LogP contribution in [0, 0.1) is 0 Å². The van der Waals surface area contributed by atoms with E-state index in [1.807, 2.05) is 23.9 Å². The molecule has 16 heavy (non-hydrogen) atoms. The summed E-state index contributed by atoms with van der Waals surface area (Å²) >= 11 is 5.91. The number of aromatic amines is 1. The average Bonchev–Trinajstić information content (AvgIpc) is 2.54. The first kappa shape index (κ1) is 9.48. The Labute approximate surface area is 96.3 Å². The van der Waals surface area contributed by atoms with Crippen LogP contribution >= 0.6 is 11.6 Å². The van der Waals surface area contributed by atoms with Crippen LogP contribution in [0.5, 0.6) is 0 Å². The van der Waals surface area contributed by atoms with E-state index in [1.165, 1.54) is 0 Å². The second-order valence-corrected chi connectivity index (χ2v) is 4.20. The molecule has 0 radical (unpaired) electrons. The summed E-state index contributed by atoms with van der Waals surface area (Å²) in [5.41, 5.74) is 1.94. The van der Waals surface area contributed by atoms with Gasteiger partial charge in [-0.05, 0) is 18.2 Å². The van der Waals surface area contributed by atoms with Crippen molar-refractivity contribution in [3.8, 4) is 0 Å². The van der Waals surface area contributed by atoms with Gasteiger partial charge >= 0.3 is 0 Å². The molecule has 0 saturated heterocycles. The van der Waals surface area contributed by atoms with Crippen LogP contribution in [0.3, 0.4) is 0 Å². The maximum atomic E-state index is 11.9. The van der Waals surface area contributed by atoms with E-state index in [0.717, 1.165) is 21.8 Å². The Morgan fingerprint density at radius 2 is 2.12 bits per heavy atom. The minimum Gasteiger partial charge on any atom is -0.350 e. The van der Waals surface area contributed by atoms with Gasteiger partial charge in [0.2, 0.25) is 0 Å². The fourth-order valence-electron chi connectivity index (χ4n) is 2.13. The minimum atomic E-state index is 0.0327. The van der Waals surface area contributed by atoms with Crippen molar-refractivity contribution in [1.82, 2.24) is 9.55 Å². The number of hydrogen-bond donors (Lipinski definition) is 1. The van der Waals surface area contributed by atoms with Crippen molar-refractivity contribution < 1.29 is 0 Å². The second-order valence-electron chi connectivity index (χ2n) is 3.79. The lowest BCUT2D eigenvalue weighted by Gasteiger charge is -1.96. The third-order valence-corrected chi connectivity index (χ3v) is 3.11. The molecule has 3 nitrogen and oxygen atoms in total. The average molecular weight is 233 g/mol. The molecule has 0 atom stereocenters. The SMILES string of the molecule is Cn1c2c[nH]c(Cl)cc2c2c(=O)cccc21. The van der Waals surface area contributed by atoms with Crippen LogP contribution in [-0.4, -0.2) is 9.55 Å². The zero-order valence-corrected chi connectivity index (χ0v) is 9.38. The van der Waals surface area contributed by atoms with Crippen molar-refractivity contribution in [1.29, 1.82) is 0 Å². The number of nitrogens with zero attached hydrogens (tertiary/aromatic N) is 1. The molecular formula is C12H9ClN2O. The standard InChI is InChI=1S/C12H9ClN2O/c1-15-8-3-2-4-10(16)12(8)7-5-11(13)14-6-9(7)15/h2-6,14H,1H3. The van der Waals surface area contributed by atoms with Crippen LogP contribution in [0.2, 0.25) is 5.15 Å². The van der Waals surface area contributed by atoms with Crippen molar-refractivity contribution in [3.63, 3.8) is 0 Å². The Kier molecular flexibility index (Phi) is 1.85. The third kappa shape index (κ3) is 1.12. The van der Waals surface area contributed by atoms with Gasteiger partial charge < -0.3 is 9.55 Å². The first-order chi connectivity index (χ1) is 7.68. The predicted octanol–water partition coefficient (Wildman–Crippen LogP) is 2.67. The number of rotatable bonds is 0. The lowest BCUT2D eigenvalue weighted by atomic mass is 10.2. The molecule has 0 unspecified atom stereocenters. The number of fused-ring (bicyclic) bond motifs is 3. The molecule has 1 aromatic carbocycles. The Morgan fingerprint density at radius 3 is 2.94 bits per heavy atom. The van der Waals surface area contributed by atoms with Gasteiger partial charge in [-0.3, -0.25) is 4.79 Å². The van der Waals surface area contributed by atoms with E-state index >= 15 is 0 Å². The second kappa shape index (κ2) is 3.12. The highest BCUT2D eigenvalue weighted by Gasteiger charge is 2.10. The molecule has 4 heteroatoms. The van der Waals surface area contributed by atoms with Crippen LogP contribution in [0.15, 0.2) is 35.3 Å². The topological polar surface area (TPSA) is 37.8 Å². The predicted molar refractivity (Wildman–Crippen MR) is 66.1 cm³/mol. The molecule has 0 amide bonds. The summed E-state index contributed by atoms with van der Waals surface area (Å²) in [6.07, 6.45) is 1.82. The monoisotopic (exact) mass is 232 g/mol. The van der Waals surface area contributed by atoms with E-state index in [0.29, 0.717) is 5.15 Å². The zero-order valence-electron chi connectivity index (χ0n) is 8.62. The molecule has 0 saturated carbocycles. The Balaban J connectivity index is 2.72. The van der Waals surface area contributed by atoms with Gasteiger partial charge in [0.15, 0.2) is 5.43 Å². The largest absolute Gasteiger partial charge is 0.350 e. The van der Waals surface area contributed by atoms with Crippen molar-refractivity contribution in [2.75, 3.05) is 0 Å². The van der Waals surface area contributed by atoms with Crippen LogP contribution < -0.4 is 5.43 Å². The number of H-pyrrole nitrogens is 1. The number of halogens is 1. The molecule has 0 fully saturated rings. The molecule has 0 bridgehead atoms. The van der Waals surface area contributed by atoms with Crippen LogP contribution in [-0.2, 0) is 7.05 Å². The van der Waals surface area contributed by atoms with Gasteiger partial charge in [0.05, 0.1) is 16.4 Å². The smallest absolute Gasteiger partial charge is 0.188 e. The van der Waals surface area contributed by atoms with E-state index in [4.69, 9.17) is 11.6 Å². The quantitative estimate of drug-likeness (QED) is 0.595. The molecule has 2 aromatic heterocycles. The first-order valence-electron chi connectivity index (χ1n) is 4.94. The molecule has 0 aliphatic rings. The van der Waals surface area contributed by atoms with Gasteiger partial charge in [-0.25, -0.2) is 0 Å². The van der Waals surface area contributed by atoms with E-state index in [2.05, 4.69) is 4.98 Å². The van der Waals surface area contributed by atoms with E-state index < -0.39 is 0 Å². The number of hydrogen-bond acceptors (Lipinski definition) is 1. The number of nitrogens with one attached hydrogen (secondary N) is 1. The van der Waals surface area contributed by atoms with Crippen molar-refractivity contribution in [2.24, 2.45) is 7.05 Å². The Morgan fingerprint density at radius 1 is 1.31 bits per heavy atom. The van der Waals surface area contributed by atoms with Crippen LogP contribution in [0.4, 0.5) is 0 Å². The first-order valence-corrected chi connectivity index (χ1v) is 5.31. The molecular weight excluding hydrogens is 224 g/mol. The summed E-state index contributed by atoms with van der Waals surface area (Å²) in [6, 6.07) is 7.08. The highest BCUT2D eigenvalue weighted by Crippen LogP contribution is 2.26. The van der Waals surface area contributed by atoms with Gasteiger partial charge in [-0.1, -0.05) is 17.7 Å². The van der Waals surface area contributed by atoms with E-state index in [-0.39, 0.29) is 5.43 Å². The fourth-order valence-corrected chi connectivity index (χ4v) is 2.30. The molecule has 0 spiro atoms. The fraction of sp³-hybridized carbons (Fsp3) is 0.0833. The van der Waals surface area contributed by atoms with Gasteiger partial charge in [0, 0.05) is 18.6 Å². The Bertz CT molecular complexity index is 755. The van der Waals surface area contributed by atoms with E-state index in [9.17, 15) is 4.79 Å². The summed E-state index contributed by atoms with van der Waals surface area (Å²) in [5, 5.41) is 2.16. The highest BCUT2D eigenvalue weighted by molar-refractivity contribution is 6.30. The maximum absolute atomic E-state index is 11.9. The number of benzene rings is 1. The lowest BCUT2D eigenvalue weighted by Crippen LogP contribution is -1.97. The number of pyridine rings is 1. The summed E-state index contributed by atoms with van der Waals surface area (Å²) in [7, 11) is 1.94. The molecule has 2 heterocycles. The summed E-state index contributed by atoms with van der Waals surface area (Å²) in [6.45, 7) is 0. The minimum absolute atomic E-state index is 0.0327. The Hall–Kier alpha value is -1.74. The lowest BCUT2D eigenvalue weighted by molar-refractivity contribution is 1.01. The molecule has 0 aliphatic carbocycles.